The fraction of sp³-hybridized carbons (Fsp3) is 0.188. The maximum Gasteiger partial charge on any atom is 0.257 e. The summed E-state index contributed by atoms with van der Waals surface area (Å²) >= 11 is 9.72. The van der Waals surface area contributed by atoms with Crippen LogP contribution in [0.1, 0.15) is 0 Å². The Labute approximate surface area is 152 Å². The van der Waals surface area contributed by atoms with Crippen LogP contribution in [-0.4, -0.2) is 24.8 Å². The first kappa shape index (κ1) is 17.4. The fourth-order valence-electron chi connectivity index (χ4n) is 1.62. The number of carbonyl (C=O) groups excluding carboxylic acids is 1. The lowest BCUT2D eigenvalue weighted by atomic mass is 10.3. The molecule has 0 aromatic heterocycles. The molecule has 22 heavy (non-hydrogen) atoms. The van der Waals surface area contributed by atoms with Crippen molar-refractivity contribution in [3.8, 4) is 5.75 Å². The average molecular weight is 448 g/mol. The van der Waals surface area contributed by atoms with Gasteiger partial charge in [-0.2, -0.15) is 0 Å². The summed E-state index contributed by atoms with van der Waals surface area (Å²) in [4.78, 5) is 12.8. The second kappa shape index (κ2) is 9.27. The second-order valence-corrected chi connectivity index (χ2v) is 7.25. The standard InChI is InChI=1S/C16H15ClINO2S/c17-12-1-7-15(8-2-12)22-10-9-19-16(20)11-21-14-5-3-13(18)4-6-14/h1-8H,9-11H2,(H,19,20). The number of hydrogen-bond donors (Lipinski definition) is 1. The lowest BCUT2D eigenvalue weighted by Gasteiger charge is -2.07. The Morgan fingerprint density at radius 1 is 1.14 bits per heavy atom. The summed E-state index contributed by atoms with van der Waals surface area (Å²) in [5.41, 5.74) is 0. The molecule has 116 valence electrons. The van der Waals surface area contributed by atoms with Gasteiger partial charge in [0, 0.05) is 25.8 Å². The van der Waals surface area contributed by atoms with Gasteiger partial charge in [-0.1, -0.05) is 11.6 Å². The van der Waals surface area contributed by atoms with Crippen molar-refractivity contribution in [2.45, 2.75) is 4.90 Å². The summed E-state index contributed by atoms with van der Waals surface area (Å²) in [7, 11) is 0. The van der Waals surface area contributed by atoms with E-state index >= 15 is 0 Å². The Morgan fingerprint density at radius 3 is 2.50 bits per heavy atom. The van der Waals surface area contributed by atoms with Gasteiger partial charge >= 0.3 is 0 Å². The van der Waals surface area contributed by atoms with Crippen molar-refractivity contribution in [3.05, 3.63) is 57.1 Å². The monoisotopic (exact) mass is 447 g/mol. The third-order valence-electron chi connectivity index (χ3n) is 2.69. The van der Waals surface area contributed by atoms with Crippen molar-refractivity contribution in [2.75, 3.05) is 18.9 Å². The number of amides is 1. The van der Waals surface area contributed by atoms with Crippen LogP contribution < -0.4 is 10.1 Å². The highest BCUT2D eigenvalue weighted by molar-refractivity contribution is 14.1. The van der Waals surface area contributed by atoms with Crippen molar-refractivity contribution < 1.29 is 9.53 Å². The zero-order valence-electron chi connectivity index (χ0n) is 11.7. The van der Waals surface area contributed by atoms with Gasteiger partial charge in [0.15, 0.2) is 6.61 Å². The SMILES string of the molecule is O=C(COc1ccc(I)cc1)NCCSc1ccc(Cl)cc1. The van der Waals surface area contributed by atoms with E-state index in [4.69, 9.17) is 16.3 Å². The molecule has 0 spiro atoms. The van der Waals surface area contributed by atoms with E-state index in [9.17, 15) is 4.79 Å². The van der Waals surface area contributed by atoms with E-state index in [1.807, 2.05) is 48.5 Å². The lowest BCUT2D eigenvalue weighted by molar-refractivity contribution is -0.122. The van der Waals surface area contributed by atoms with Crippen LogP contribution in [0.25, 0.3) is 0 Å². The predicted molar refractivity (Wildman–Crippen MR) is 99.8 cm³/mol. The molecule has 0 aliphatic carbocycles. The first-order valence-electron chi connectivity index (χ1n) is 6.67. The van der Waals surface area contributed by atoms with E-state index in [0.29, 0.717) is 12.3 Å². The summed E-state index contributed by atoms with van der Waals surface area (Å²) in [6, 6.07) is 15.2. The number of thioether (sulfide) groups is 1. The summed E-state index contributed by atoms with van der Waals surface area (Å²) in [6.45, 7) is 0.633. The Hall–Kier alpha value is -0.920. The number of halogens is 2. The first-order valence-corrected chi connectivity index (χ1v) is 9.11. The Balaban J connectivity index is 1.61. The van der Waals surface area contributed by atoms with Crippen LogP contribution in [0.15, 0.2) is 53.4 Å². The van der Waals surface area contributed by atoms with Gasteiger partial charge in [0.05, 0.1) is 0 Å². The van der Waals surface area contributed by atoms with Gasteiger partial charge in [-0.3, -0.25) is 4.79 Å². The minimum atomic E-state index is -0.116. The molecule has 6 heteroatoms. The fourth-order valence-corrected chi connectivity index (χ4v) is 2.87. The van der Waals surface area contributed by atoms with E-state index in [1.165, 1.54) is 0 Å². The van der Waals surface area contributed by atoms with Crippen LogP contribution in [0.2, 0.25) is 5.02 Å². The van der Waals surface area contributed by atoms with E-state index < -0.39 is 0 Å². The van der Waals surface area contributed by atoms with Crippen LogP contribution >= 0.6 is 46.0 Å². The third-order valence-corrected chi connectivity index (χ3v) is 4.68. The van der Waals surface area contributed by atoms with E-state index in [0.717, 1.165) is 19.2 Å². The molecule has 0 aliphatic heterocycles. The number of benzene rings is 2. The number of hydrogen-bond acceptors (Lipinski definition) is 3. The summed E-state index contributed by atoms with van der Waals surface area (Å²) in [5, 5.41) is 3.56. The molecule has 1 N–H and O–H groups in total. The molecule has 2 aromatic carbocycles. The molecular weight excluding hydrogens is 433 g/mol. The minimum Gasteiger partial charge on any atom is -0.484 e. The zero-order valence-corrected chi connectivity index (χ0v) is 15.5. The summed E-state index contributed by atoms with van der Waals surface area (Å²) in [6.07, 6.45) is 0. The highest BCUT2D eigenvalue weighted by atomic mass is 127. The molecule has 0 atom stereocenters. The maximum absolute atomic E-state index is 11.7. The van der Waals surface area contributed by atoms with Crippen LogP contribution in [0.4, 0.5) is 0 Å². The molecule has 1 amide bonds. The molecule has 2 rings (SSSR count). The molecule has 3 nitrogen and oxygen atoms in total. The Morgan fingerprint density at radius 2 is 1.82 bits per heavy atom. The second-order valence-electron chi connectivity index (χ2n) is 4.39. The van der Waals surface area contributed by atoms with Crippen molar-refractivity contribution in [1.82, 2.24) is 5.32 Å². The van der Waals surface area contributed by atoms with Crippen molar-refractivity contribution in [2.24, 2.45) is 0 Å². The number of rotatable bonds is 7. The molecule has 0 fully saturated rings. The van der Waals surface area contributed by atoms with E-state index in [1.54, 1.807) is 11.8 Å². The first-order chi connectivity index (χ1) is 10.6. The third kappa shape index (κ3) is 6.46. The zero-order chi connectivity index (χ0) is 15.8. The van der Waals surface area contributed by atoms with Gasteiger partial charge in [0.2, 0.25) is 0 Å². The van der Waals surface area contributed by atoms with Gasteiger partial charge in [-0.15, -0.1) is 11.8 Å². The molecule has 0 radical (unpaired) electrons. The summed E-state index contributed by atoms with van der Waals surface area (Å²) < 4.78 is 6.55. The molecule has 0 saturated heterocycles. The van der Waals surface area contributed by atoms with Gasteiger partial charge in [-0.05, 0) is 71.1 Å². The molecule has 0 saturated carbocycles. The van der Waals surface area contributed by atoms with Crippen molar-refractivity contribution >= 4 is 51.9 Å². The van der Waals surface area contributed by atoms with Crippen molar-refractivity contribution in [1.29, 1.82) is 0 Å². The van der Waals surface area contributed by atoms with Crippen molar-refractivity contribution in [3.63, 3.8) is 0 Å². The summed E-state index contributed by atoms with van der Waals surface area (Å²) in [5.74, 6) is 1.39. The Bertz CT molecular complexity index is 605. The molecular formula is C16H15ClINO2S. The average Bonchev–Trinajstić information content (AvgIpc) is 2.53. The molecule has 0 unspecified atom stereocenters. The highest BCUT2D eigenvalue weighted by Crippen LogP contribution is 2.19. The minimum absolute atomic E-state index is 0.0339. The molecule has 0 heterocycles. The van der Waals surface area contributed by atoms with Gasteiger partial charge < -0.3 is 10.1 Å². The quantitative estimate of drug-likeness (QED) is 0.392. The Kier molecular flexibility index (Phi) is 7.35. The molecule has 2 aromatic rings. The van der Waals surface area contributed by atoms with Gasteiger partial charge in [0.25, 0.3) is 5.91 Å². The molecule has 0 bridgehead atoms. The smallest absolute Gasteiger partial charge is 0.257 e. The number of carbonyl (C=O) groups is 1. The molecule has 0 aliphatic rings. The highest BCUT2D eigenvalue weighted by Gasteiger charge is 2.02. The lowest BCUT2D eigenvalue weighted by Crippen LogP contribution is -2.30. The number of ether oxygens (including phenoxy) is 1. The topological polar surface area (TPSA) is 38.3 Å². The normalized spacial score (nSPS) is 10.3. The van der Waals surface area contributed by atoms with E-state index in [2.05, 4.69) is 27.9 Å². The predicted octanol–water partition coefficient (Wildman–Crippen LogP) is 4.23. The van der Waals surface area contributed by atoms with Crippen LogP contribution in [0, 0.1) is 3.57 Å². The van der Waals surface area contributed by atoms with Crippen LogP contribution in [0.3, 0.4) is 0 Å². The van der Waals surface area contributed by atoms with E-state index in [-0.39, 0.29) is 12.5 Å². The number of nitrogens with one attached hydrogen (secondary N) is 1. The van der Waals surface area contributed by atoms with Crippen LogP contribution in [-0.2, 0) is 4.79 Å². The van der Waals surface area contributed by atoms with Crippen LogP contribution in [0.5, 0.6) is 5.75 Å². The van der Waals surface area contributed by atoms with Gasteiger partial charge in [0.1, 0.15) is 5.75 Å². The van der Waals surface area contributed by atoms with Gasteiger partial charge in [-0.25, -0.2) is 0 Å². The largest absolute Gasteiger partial charge is 0.484 e. The maximum atomic E-state index is 11.7.